The molecule has 0 aromatic heterocycles. The fourth-order valence-electron chi connectivity index (χ4n) is 10.7. The van der Waals surface area contributed by atoms with Crippen LogP contribution in [0.15, 0.2) is 0 Å². The minimum atomic E-state index is -4.95. The first-order valence-corrected chi connectivity index (χ1v) is 39.9. The van der Waals surface area contributed by atoms with Gasteiger partial charge >= 0.3 is 39.5 Å². The monoisotopic (exact) mass is 1320 g/mol. The number of aliphatic hydroxyl groups is 1. The number of unbranched alkanes of at least 4 members (excludes halogenated alkanes) is 36. The number of phosphoric acid groups is 2. The maximum atomic E-state index is 13.0. The van der Waals surface area contributed by atoms with Gasteiger partial charge in [0.15, 0.2) is 12.2 Å². The standard InChI is InChI=1S/C71H138O17P2/c1-8-10-11-12-13-14-15-16-17-18-19-20-21-22-27-30-40-47-54-70(75)87-66(58-81-68(73)52-45-38-29-26-24-23-25-28-35-42-49-62(3)4)60-85-89(77,78)83-56-65(72)57-84-90(79,80)86-61-67(59-82-69(74)53-46-39-33-31-36-43-50-63(5)6)88-71(76)55-48-41-34-32-37-44-51-64(7)9-2/h62-67,72H,8-61H2,1-7H3,(H,77,78)(H,79,80)/t64?,65-,66-,67-/m1/s1. The molecule has 0 radical (unpaired) electrons. The predicted molar refractivity (Wildman–Crippen MR) is 363 cm³/mol. The smallest absolute Gasteiger partial charge is 0.462 e. The molecule has 90 heavy (non-hydrogen) atoms. The van der Waals surface area contributed by atoms with Crippen LogP contribution in [0.2, 0.25) is 0 Å². The third-order valence-electron chi connectivity index (χ3n) is 16.7. The van der Waals surface area contributed by atoms with Crippen LogP contribution in [-0.2, 0) is 65.4 Å². The molecule has 3 N–H and O–H groups in total. The second kappa shape index (κ2) is 61.9. The Hall–Kier alpha value is -1.94. The Morgan fingerprint density at radius 3 is 0.844 bits per heavy atom. The second-order valence-corrected chi connectivity index (χ2v) is 29.7. The highest BCUT2D eigenvalue weighted by molar-refractivity contribution is 7.47. The summed E-state index contributed by atoms with van der Waals surface area (Å²) < 4.78 is 68.3. The molecule has 6 atom stereocenters. The van der Waals surface area contributed by atoms with Gasteiger partial charge in [0.1, 0.15) is 19.3 Å². The Kier molecular flexibility index (Phi) is 60.6. The van der Waals surface area contributed by atoms with Gasteiger partial charge in [0.25, 0.3) is 0 Å². The molecular formula is C71H138O17P2. The zero-order valence-corrected chi connectivity index (χ0v) is 60.4. The fraction of sp³-hybridized carbons (Fsp3) is 0.944. The van der Waals surface area contributed by atoms with Gasteiger partial charge in [-0.15, -0.1) is 0 Å². The van der Waals surface area contributed by atoms with Crippen LogP contribution in [0.25, 0.3) is 0 Å². The molecule has 0 aliphatic rings. The van der Waals surface area contributed by atoms with E-state index in [1.54, 1.807) is 0 Å². The van der Waals surface area contributed by atoms with E-state index >= 15 is 0 Å². The van der Waals surface area contributed by atoms with Crippen LogP contribution < -0.4 is 0 Å². The summed E-state index contributed by atoms with van der Waals surface area (Å²) in [7, 11) is -9.90. The van der Waals surface area contributed by atoms with E-state index in [1.807, 2.05) is 0 Å². The lowest BCUT2D eigenvalue weighted by atomic mass is 10.00. The first-order chi connectivity index (χ1) is 43.3. The highest BCUT2D eigenvalue weighted by Gasteiger charge is 2.30. The largest absolute Gasteiger partial charge is 0.472 e. The summed E-state index contributed by atoms with van der Waals surface area (Å²) in [6.45, 7) is 11.7. The van der Waals surface area contributed by atoms with Crippen LogP contribution in [0.4, 0.5) is 0 Å². The number of carbonyl (C=O) groups is 4. The number of hydrogen-bond donors (Lipinski definition) is 3. The van der Waals surface area contributed by atoms with Gasteiger partial charge in [-0.05, 0) is 43.4 Å². The van der Waals surface area contributed by atoms with Gasteiger partial charge < -0.3 is 33.8 Å². The van der Waals surface area contributed by atoms with Crippen LogP contribution in [0.1, 0.15) is 357 Å². The summed E-state index contributed by atoms with van der Waals surface area (Å²) in [6.07, 6.45) is 46.1. The summed E-state index contributed by atoms with van der Waals surface area (Å²) in [5.41, 5.74) is 0. The number of ether oxygens (including phenoxy) is 4. The van der Waals surface area contributed by atoms with Crippen molar-refractivity contribution in [3.63, 3.8) is 0 Å². The zero-order valence-electron chi connectivity index (χ0n) is 58.6. The van der Waals surface area contributed by atoms with Gasteiger partial charge in [-0.2, -0.15) is 0 Å². The lowest BCUT2D eigenvalue weighted by Gasteiger charge is -2.21. The van der Waals surface area contributed by atoms with Gasteiger partial charge in [-0.25, -0.2) is 9.13 Å². The maximum absolute atomic E-state index is 13.0. The van der Waals surface area contributed by atoms with Crippen molar-refractivity contribution in [3.8, 4) is 0 Å². The average molecular weight is 1330 g/mol. The third-order valence-corrected chi connectivity index (χ3v) is 18.6. The van der Waals surface area contributed by atoms with Crippen LogP contribution in [0, 0.1) is 17.8 Å². The molecular weight excluding hydrogens is 1190 g/mol. The van der Waals surface area contributed by atoms with Gasteiger partial charge in [0.05, 0.1) is 26.4 Å². The van der Waals surface area contributed by atoms with E-state index in [1.165, 1.54) is 161 Å². The van der Waals surface area contributed by atoms with Gasteiger partial charge in [-0.3, -0.25) is 37.3 Å². The second-order valence-electron chi connectivity index (χ2n) is 26.8. The van der Waals surface area contributed by atoms with Crippen molar-refractivity contribution in [1.29, 1.82) is 0 Å². The molecule has 0 fully saturated rings. The van der Waals surface area contributed by atoms with Crippen LogP contribution in [0.3, 0.4) is 0 Å². The number of aliphatic hydroxyl groups excluding tert-OH is 1. The molecule has 3 unspecified atom stereocenters. The first-order valence-electron chi connectivity index (χ1n) is 36.9. The van der Waals surface area contributed by atoms with E-state index in [2.05, 4.69) is 48.5 Å². The molecule has 0 saturated heterocycles. The predicted octanol–water partition coefficient (Wildman–Crippen LogP) is 20.2. The number of esters is 4. The van der Waals surface area contributed by atoms with E-state index in [4.69, 9.17) is 37.0 Å². The Morgan fingerprint density at radius 2 is 0.567 bits per heavy atom. The highest BCUT2D eigenvalue weighted by Crippen LogP contribution is 2.45. The summed E-state index contributed by atoms with van der Waals surface area (Å²) in [4.78, 5) is 72.5. The Bertz CT molecular complexity index is 1770. The molecule has 0 spiro atoms. The molecule has 534 valence electrons. The van der Waals surface area contributed by atoms with Gasteiger partial charge in [0, 0.05) is 25.7 Å². The van der Waals surface area contributed by atoms with Gasteiger partial charge in [-0.1, -0.05) is 305 Å². The quantitative estimate of drug-likeness (QED) is 0.0222. The minimum Gasteiger partial charge on any atom is -0.462 e. The Labute approximate surface area is 549 Å². The molecule has 0 aliphatic carbocycles. The van der Waals surface area contributed by atoms with Crippen molar-refractivity contribution in [3.05, 3.63) is 0 Å². The molecule has 17 nitrogen and oxygen atoms in total. The van der Waals surface area contributed by atoms with Crippen molar-refractivity contribution in [2.75, 3.05) is 39.6 Å². The topological polar surface area (TPSA) is 237 Å². The van der Waals surface area contributed by atoms with E-state index in [0.29, 0.717) is 31.6 Å². The third kappa shape index (κ3) is 63.5. The van der Waals surface area contributed by atoms with Crippen LogP contribution >= 0.6 is 15.6 Å². The van der Waals surface area contributed by atoms with E-state index in [-0.39, 0.29) is 25.7 Å². The summed E-state index contributed by atoms with van der Waals surface area (Å²) >= 11 is 0. The van der Waals surface area contributed by atoms with Gasteiger partial charge in [0.2, 0.25) is 0 Å². The van der Waals surface area contributed by atoms with E-state index in [0.717, 1.165) is 108 Å². The lowest BCUT2D eigenvalue weighted by Crippen LogP contribution is -2.30. The average Bonchev–Trinajstić information content (AvgIpc) is 3.71. The number of hydrogen-bond acceptors (Lipinski definition) is 15. The fourth-order valence-corrected chi connectivity index (χ4v) is 12.3. The maximum Gasteiger partial charge on any atom is 0.472 e. The summed E-state index contributed by atoms with van der Waals surface area (Å²) in [5.74, 6) is 0.0281. The molecule has 0 heterocycles. The normalized spacial score (nSPS) is 14.5. The van der Waals surface area contributed by atoms with Crippen molar-refractivity contribution >= 4 is 39.5 Å². The first kappa shape index (κ1) is 88.1. The highest BCUT2D eigenvalue weighted by atomic mass is 31.2. The Balaban J connectivity index is 5.22. The van der Waals surface area contributed by atoms with Crippen molar-refractivity contribution in [2.45, 2.75) is 375 Å². The number of rotatable bonds is 69. The summed E-state index contributed by atoms with van der Waals surface area (Å²) in [5, 5.41) is 10.6. The van der Waals surface area contributed by atoms with E-state index in [9.17, 15) is 43.2 Å². The van der Waals surface area contributed by atoms with Crippen molar-refractivity contribution in [1.82, 2.24) is 0 Å². The minimum absolute atomic E-state index is 0.102. The van der Waals surface area contributed by atoms with Crippen molar-refractivity contribution in [2.24, 2.45) is 17.8 Å². The van der Waals surface area contributed by atoms with Crippen LogP contribution in [0.5, 0.6) is 0 Å². The molecule has 0 amide bonds. The molecule has 0 rings (SSSR count). The SMILES string of the molecule is CCCCCCCCCCCCCCCCCCCCC(=O)O[C@H](COC(=O)CCCCCCCCCCCCC(C)C)COP(=O)(O)OC[C@@H](O)COP(=O)(O)OC[C@@H](COC(=O)CCCCCCCCC(C)C)OC(=O)CCCCCCCCC(C)CC. The van der Waals surface area contributed by atoms with Crippen molar-refractivity contribution < 1.29 is 80.2 Å². The lowest BCUT2D eigenvalue weighted by molar-refractivity contribution is -0.161. The molecule has 19 heteroatoms. The molecule has 0 bridgehead atoms. The summed E-state index contributed by atoms with van der Waals surface area (Å²) in [6, 6.07) is 0. The number of carbonyl (C=O) groups excluding carboxylic acids is 4. The molecule has 0 saturated carbocycles. The molecule has 0 aliphatic heterocycles. The Morgan fingerprint density at radius 1 is 0.322 bits per heavy atom. The van der Waals surface area contributed by atoms with E-state index < -0.39 is 97.5 Å². The molecule has 0 aromatic carbocycles. The zero-order chi connectivity index (χ0) is 66.6. The molecule has 0 aromatic rings. The number of phosphoric ester groups is 2. The van der Waals surface area contributed by atoms with Crippen LogP contribution in [-0.4, -0.2) is 96.7 Å².